The fourth-order valence-electron chi connectivity index (χ4n) is 1.28. The lowest BCUT2D eigenvalue weighted by Crippen LogP contribution is -2.33. The summed E-state index contributed by atoms with van der Waals surface area (Å²) in [5.74, 6) is -1.44. The Bertz CT molecular complexity index is 419. The normalized spacial score (nSPS) is 10.1. The summed E-state index contributed by atoms with van der Waals surface area (Å²) in [6.07, 6.45) is -0.313. The summed E-state index contributed by atoms with van der Waals surface area (Å²) in [7, 11) is 0. The topological polar surface area (TPSA) is 58.2 Å². The second-order valence-electron chi connectivity index (χ2n) is 3.93. The van der Waals surface area contributed by atoms with Crippen LogP contribution in [0.5, 0.6) is 0 Å². The van der Waals surface area contributed by atoms with Crippen molar-refractivity contribution in [3.63, 3.8) is 0 Å². The highest BCUT2D eigenvalue weighted by atomic mass is 19.1. The van der Waals surface area contributed by atoms with E-state index in [-0.39, 0.29) is 24.1 Å². The van der Waals surface area contributed by atoms with Gasteiger partial charge in [0.2, 0.25) is 11.8 Å². The number of carbonyl (C=O) groups is 2. The molecule has 2 N–H and O–H groups in total. The van der Waals surface area contributed by atoms with Crippen molar-refractivity contribution < 1.29 is 14.0 Å². The Morgan fingerprint density at radius 1 is 1.24 bits per heavy atom. The molecule has 0 fully saturated rings. The Morgan fingerprint density at radius 3 is 2.47 bits per heavy atom. The van der Waals surface area contributed by atoms with E-state index in [0.29, 0.717) is 0 Å². The highest BCUT2D eigenvalue weighted by molar-refractivity contribution is 6.03. The number of nitrogens with one attached hydrogen (secondary N) is 2. The first-order valence-electron chi connectivity index (χ1n) is 5.33. The third-order valence-electron chi connectivity index (χ3n) is 1.92. The summed E-state index contributed by atoms with van der Waals surface area (Å²) in [5, 5.41) is 4.92. The second-order valence-corrected chi connectivity index (χ2v) is 3.93. The number of carbonyl (C=O) groups excluding carboxylic acids is 2. The molecule has 1 rings (SSSR count). The van der Waals surface area contributed by atoms with E-state index in [1.165, 1.54) is 18.2 Å². The summed E-state index contributed by atoms with van der Waals surface area (Å²) in [4.78, 5) is 22.7. The molecule has 0 aliphatic heterocycles. The van der Waals surface area contributed by atoms with Gasteiger partial charge in [-0.2, -0.15) is 0 Å². The molecule has 92 valence electrons. The van der Waals surface area contributed by atoms with Crippen molar-refractivity contribution in [2.24, 2.45) is 0 Å². The van der Waals surface area contributed by atoms with E-state index < -0.39 is 11.7 Å². The van der Waals surface area contributed by atoms with Gasteiger partial charge in [-0.15, -0.1) is 0 Å². The number of anilines is 1. The number of amides is 2. The van der Waals surface area contributed by atoms with Gasteiger partial charge in [0.05, 0.1) is 5.69 Å². The van der Waals surface area contributed by atoms with E-state index >= 15 is 0 Å². The molecule has 5 heteroatoms. The summed E-state index contributed by atoms with van der Waals surface area (Å²) in [6.45, 7) is 3.60. The quantitative estimate of drug-likeness (QED) is 0.784. The van der Waals surface area contributed by atoms with E-state index in [1.54, 1.807) is 19.9 Å². The molecule has 2 amide bonds. The van der Waals surface area contributed by atoms with Crippen molar-refractivity contribution in [1.82, 2.24) is 5.32 Å². The Balaban J connectivity index is 2.51. The molecule has 0 atom stereocenters. The zero-order chi connectivity index (χ0) is 12.8. The number of hydrogen-bond acceptors (Lipinski definition) is 2. The third-order valence-corrected chi connectivity index (χ3v) is 1.92. The molecular formula is C12H15FN2O2. The summed E-state index contributed by atoms with van der Waals surface area (Å²) in [6, 6.07) is 5.78. The molecule has 4 nitrogen and oxygen atoms in total. The fraction of sp³-hybridized carbons (Fsp3) is 0.333. The van der Waals surface area contributed by atoms with E-state index in [1.807, 2.05) is 0 Å². The smallest absolute Gasteiger partial charge is 0.233 e. The number of rotatable bonds is 4. The van der Waals surface area contributed by atoms with Gasteiger partial charge >= 0.3 is 0 Å². The van der Waals surface area contributed by atoms with Crippen molar-refractivity contribution in [2.45, 2.75) is 26.3 Å². The average Bonchev–Trinajstić information content (AvgIpc) is 2.19. The predicted octanol–water partition coefficient (Wildman–Crippen LogP) is 1.68. The molecule has 17 heavy (non-hydrogen) atoms. The Hall–Kier alpha value is -1.91. The number of halogens is 1. The second kappa shape index (κ2) is 5.98. The summed E-state index contributed by atoms with van der Waals surface area (Å²) >= 11 is 0. The van der Waals surface area contributed by atoms with E-state index in [9.17, 15) is 14.0 Å². The van der Waals surface area contributed by atoms with Gasteiger partial charge < -0.3 is 10.6 Å². The van der Waals surface area contributed by atoms with Crippen LogP contribution in [-0.4, -0.2) is 17.9 Å². The van der Waals surface area contributed by atoms with Crippen LogP contribution in [-0.2, 0) is 9.59 Å². The van der Waals surface area contributed by atoms with Crippen molar-refractivity contribution >= 4 is 17.5 Å². The van der Waals surface area contributed by atoms with Crippen LogP contribution in [0.4, 0.5) is 10.1 Å². The van der Waals surface area contributed by atoms with E-state index in [4.69, 9.17) is 0 Å². The molecule has 0 heterocycles. The first-order chi connectivity index (χ1) is 7.99. The first kappa shape index (κ1) is 13.2. The Labute approximate surface area is 99.2 Å². The van der Waals surface area contributed by atoms with Crippen molar-refractivity contribution in [2.75, 3.05) is 5.32 Å². The molecule has 0 aliphatic carbocycles. The summed E-state index contributed by atoms with van der Waals surface area (Å²) < 4.78 is 13.2. The number of para-hydroxylation sites is 1. The molecule has 0 aromatic heterocycles. The molecule has 0 saturated heterocycles. The van der Waals surface area contributed by atoms with Crippen molar-refractivity contribution in [3.8, 4) is 0 Å². The van der Waals surface area contributed by atoms with Crippen molar-refractivity contribution in [1.29, 1.82) is 0 Å². The molecule has 0 bridgehead atoms. The van der Waals surface area contributed by atoms with E-state index in [2.05, 4.69) is 10.6 Å². The van der Waals surface area contributed by atoms with Gasteiger partial charge in [0.1, 0.15) is 12.2 Å². The minimum absolute atomic E-state index is 0.0243. The molecule has 1 aromatic carbocycles. The predicted molar refractivity (Wildman–Crippen MR) is 62.9 cm³/mol. The molecule has 1 aromatic rings. The lowest BCUT2D eigenvalue weighted by molar-refractivity contribution is -0.127. The zero-order valence-electron chi connectivity index (χ0n) is 9.79. The molecule has 0 unspecified atom stereocenters. The molecular weight excluding hydrogens is 223 g/mol. The zero-order valence-corrected chi connectivity index (χ0v) is 9.79. The van der Waals surface area contributed by atoms with Crippen LogP contribution in [0, 0.1) is 5.82 Å². The fourth-order valence-corrected chi connectivity index (χ4v) is 1.28. The summed E-state index contributed by atoms with van der Waals surface area (Å²) in [5.41, 5.74) is 0.0786. The lowest BCUT2D eigenvalue weighted by atomic mass is 10.3. The SMILES string of the molecule is CC(C)NC(=O)CC(=O)Nc1ccccc1F. The monoisotopic (exact) mass is 238 g/mol. The molecule has 0 saturated carbocycles. The van der Waals surface area contributed by atoms with E-state index in [0.717, 1.165) is 0 Å². The van der Waals surface area contributed by atoms with Crippen LogP contribution in [0.2, 0.25) is 0 Å². The van der Waals surface area contributed by atoms with Gasteiger partial charge in [-0.3, -0.25) is 9.59 Å². The number of hydrogen-bond donors (Lipinski definition) is 2. The third kappa shape index (κ3) is 4.63. The van der Waals surface area contributed by atoms with Crippen LogP contribution >= 0.6 is 0 Å². The maximum atomic E-state index is 13.2. The molecule has 0 aliphatic rings. The Kier molecular flexibility index (Phi) is 4.63. The van der Waals surface area contributed by atoms with Crippen LogP contribution < -0.4 is 10.6 Å². The Morgan fingerprint density at radius 2 is 1.88 bits per heavy atom. The van der Waals surface area contributed by atoms with Gasteiger partial charge in [0.15, 0.2) is 0 Å². The van der Waals surface area contributed by atoms with Gasteiger partial charge in [-0.05, 0) is 26.0 Å². The van der Waals surface area contributed by atoms with Crippen LogP contribution in [0.3, 0.4) is 0 Å². The average molecular weight is 238 g/mol. The van der Waals surface area contributed by atoms with Gasteiger partial charge in [0, 0.05) is 6.04 Å². The van der Waals surface area contributed by atoms with Gasteiger partial charge in [0.25, 0.3) is 0 Å². The maximum Gasteiger partial charge on any atom is 0.233 e. The van der Waals surface area contributed by atoms with Crippen LogP contribution in [0.1, 0.15) is 20.3 Å². The van der Waals surface area contributed by atoms with Crippen LogP contribution in [0.25, 0.3) is 0 Å². The van der Waals surface area contributed by atoms with Crippen LogP contribution in [0.15, 0.2) is 24.3 Å². The van der Waals surface area contributed by atoms with Gasteiger partial charge in [-0.1, -0.05) is 12.1 Å². The molecule has 0 radical (unpaired) electrons. The highest BCUT2D eigenvalue weighted by Gasteiger charge is 2.11. The minimum Gasteiger partial charge on any atom is -0.353 e. The largest absolute Gasteiger partial charge is 0.353 e. The maximum absolute atomic E-state index is 13.2. The molecule has 0 spiro atoms. The van der Waals surface area contributed by atoms with Crippen molar-refractivity contribution in [3.05, 3.63) is 30.1 Å². The van der Waals surface area contributed by atoms with Gasteiger partial charge in [-0.25, -0.2) is 4.39 Å². The highest BCUT2D eigenvalue weighted by Crippen LogP contribution is 2.12. The first-order valence-corrected chi connectivity index (χ1v) is 5.33. The lowest BCUT2D eigenvalue weighted by Gasteiger charge is -2.09. The minimum atomic E-state index is -0.534. The standard InChI is InChI=1S/C12H15FN2O2/c1-8(2)14-11(16)7-12(17)15-10-6-4-3-5-9(10)13/h3-6,8H,7H2,1-2H3,(H,14,16)(H,15,17). The number of benzene rings is 1.